The Bertz CT molecular complexity index is 679. The highest BCUT2D eigenvalue weighted by Gasteiger charge is 2.01. The second kappa shape index (κ2) is 9.05. The van der Waals surface area contributed by atoms with Crippen molar-refractivity contribution in [2.75, 3.05) is 0 Å². The van der Waals surface area contributed by atoms with Gasteiger partial charge in [0.05, 0.1) is 28.6 Å². The number of hydrogen-bond donors (Lipinski definition) is 0. The minimum absolute atomic E-state index is 0.0825. The zero-order chi connectivity index (χ0) is 16.4. The summed E-state index contributed by atoms with van der Waals surface area (Å²) in [6.45, 7) is 9.34. The Morgan fingerprint density at radius 3 is 2.41 bits per heavy atom. The lowest BCUT2D eigenvalue weighted by atomic mass is 10.1. The molecule has 1 rings (SSSR count). The molecule has 0 aliphatic rings. The van der Waals surface area contributed by atoms with Crippen LogP contribution in [0.4, 0.5) is 5.69 Å². The van der Waals surface area contributed by atoms with Gasteiger partial charge in [-0.15, -0.1) is 0 Å². The van der Waals surface area contributed by atoms with E-state index in [0.29, 0.717) is 11.4 Å². The number of unbranched alkanes of at least 4 members (excludes halogenated alkanes) is 1. The molecule has 1 aromatic carbocycles. The van der Waals surface area contributed by atoms with Gasteiger partial charge in [-0.2, -0.15) is 20.8 Å². The number of benzene rings is 1. The lowest BCUT2D eigenvalue weighted by Gasteiger charge is -1.99. The van der Waals surface area contributed by atoms with Gasteiger partial charge >= 0.3 is 0 Å². The van der Waals surface area contributed by atoms with Crippen molar-refractivity contribution in [3.63, 3.8) is 0 Å². The third-order valence-corrected chi connectivity index (χ3v) is 2.94. The van der Waals surface area contributed by atoms with Gasteiger partial charge in [0.15, 0.2) is 0 Å². The van der Waals surface area contributed by atoms with Crippen molar-refractivity contribution in [2.24, 2.45) is 10.2 Å². The van der Waals surface area contributed by atoms with Gasteiger partial charge in [-0.1, -0.05) is 38.6 Å². The molecule has 0 unspecified atom stereocenters. The lowest BCUT2D eigenvalue weighted by Crippen LogP contribution is -1.83. The first kappa shape index (κ1) is 17.1. The molecule has 0 N–H and O–H groups in total. The number of rotatable bonds is 7. The largest absolute Gasteiger partial charge is 0.192 e. The predicted octanol–water partition coefficient (Wildman–Crippen LogP) is 5.16. The zero-order valence-corrected chi connectivity index (χ0v) is 12.7. The summed E-state index contributed by atoms with van der Waals surface area (Å²) < 4.78 is 0. The number of azo groups is 1. The van der Waals surface area contributed by atoms with Crippen molar-refractivity contribution in [1.82, 2.24) is 0 Å². The topological polar surface area (TPSA) is 72.3 Å². The number of nitrogens with zero attached hydrogens (tertiary/aromatic N) is 4. The third kappa shape index (κ3) is 5.56. The average Bonchev–Trinajstić information content (AvgIpc) is 2.56. The first-order valence-corrected chi connectivity index (χ1v) is 7.01. The molecule has 0 radical (unpaired) electrons. The van der Waals surface area contributed by atoms with E-state index >= 15 is 0 Å². The Hall–Kier alpha value is -2.98. The van der Waals surface area contributed by atoms with Crippen molar-refractivity contribution < 1.29 is 0 Å². The summed E-state index contributed by atoms with van der Waals surface area (Å²) in [7, 11) is 0. The fourth-order valence-electron chi connectivity index (χ4n) is 1.67. The molecule has 0 fully saturated rings. The van der Waals surface area contributed by atoms with E-state index in [1.54, 1.807) is 0 Å². The summed E-state index contributed by atoms with van der Waals surface area (Å²) in [5.74, 6) is 0. The zero-order valence-electron chi connectivity index (χ0n) is 12.7. The van der Waals surface area contributed by atoms with Crippen molar-refractivity contribution in [1.29, 1.82) is 10.5 Å². The summed E-state index contributed by atoms with van der Waals surface area (Å²) in [6.07, 6.45) is 4.79. The fourth-order valence-corrected chi connectivity index (χ4v) is 1.67. The van der Waals surface area contributed by atoms with E-state index in [0.717, 1.165) is 6.42 Å². The summed E-state index contributed by atoms with van der Waals surface area (Å²) in [4.78, 5) is 0. The molecular formula is C18H18N4. The van der Waals surface area contributed by atoms with Crippen LogP contribution in [0, 0.1) is 22.7 Å². The molecule has 0 saturated carbocycles. The Labute approximate surface area is 131 Å². The smallest absolute Gasteiger partial charge is 0.101 e. The molecule has 110 valence electrons. The van der Waals surface area contributed by atoms with E-state index in [1.807, 2.05) is 36.4 Å². The molecule has 0 heterocycles. The van der Waals surface area contributed by atoms with Crippen LogP contribution in [0.1, 0.15) is 25.3 Å². The van der Waals surface area contributed by atoms with Gasteiger partial charge in [0.25, 0.3) is 0 Å². The molecule has 4 heteroatoms. The van der Waals surface area contributed by atoms with Crippen LogP contribution in [0.5, 0.6) is 0 Å². The highest BCUT2D eigenvalue weighted by molar-refractivity contribution is 5.50. The van der Waals surface area contributed by atoms with Gasteiger partial charge < -0.3 is 0 Å². The van der Waals surface area contributed by atoms with Crippen molar-refractivity contribution in [2.45, 2.75) is 26.2 Å². The van der Waals surface area contributed by atoms with Gasteiger partial charge in [-0.25, -0.2) is 0 Å². The molecule has 0 aromatic heterocycles. The molecule has 0 saturated heterocycles. The maximum absolute atomic E-state index is 8.92. The molecule has 0 atom stereocenters. The van der Waals surface area contributed by atoms with Crippen LogP contribution in [-0.2, 0) is 6.42 Å². The quantitative estimate of drug-likeness (QED) is 0.395. The van der Waals surface area contributed by atoms with Crippen LogP contribution >= 0.6 is 0 Å². The third-order valence-electron chi connectivity index (χ3n) is 2.94. The second-order valence-electron chi connectivity index (χ2n) is 4.72. The first-order valence-electron chi connectivity index (χ1n) is 7.01. The highest BCUT2D eigenvalue weighted by atomic mass is 15.1. The van der Waals surface area contributed by atoms with Crippen LogP contribution < -0.4 is 0 Å². The maximum Gasteiger partial charge on any atom is 0.101 e. The number of hydrogen-bond acceptors (Lipinski definition) is 4. The van der Waals surface area contributed by atoms with Crippen LogP contribution in [0.2, 0.25) is 0 Å². The van der Waals surface area contributed by atoms with Gasteiger partial charge in [0, 0.05) is 0 Å². The SMILES string of the molecule is C=C(/C=C(/C#N)C(=C)C#N)N=Nc1ccc(CCCC)cc1. The lowest BCUT2D eigenvalue weighted by molar-refractivity contribution is 0.795. The number of nitriles is 2. The molecule has 0 aliphatic heterocycles. The van der Waals surface area contributed by atoms with Gasteiger partial charge in [0.1, 0.15) is 6.07 Å². The maximum atomic E-state index is 8.92. The van der Waals surface area contributed by atoms with Crippen LogP contribution in [0.25, 0.3) is 0 Å². The van der Waals surface area contributed by atoms with E-state index in [1.165, 1.54) is 24.5 Å². The van der Waals surface area contributed by atoms with Crippen LogP contribution in [0.15, 0.2) is 70.6 Å². The van der Waals surface area contributed by atoms with Crippen molar-refractivity contribution >= 4 is 5.69 Å². The Morgan fingerprint density at radius 1 is 1.18 bits per heavy atom. The van der Waals surface area contributed by atoms with E-state index in [9.17, 15) is 0 Å². The predicted molar refractivity (Wildman–Crippen MR) is 87.2 cm³/mol. The van der Waals surface area contributed by atoms with Gasteiger partial charge in [0.2, 0.25) is 0 Å². The molecule has 0 spiro atoms. The molecule has 1 aromatic rings. The molecular weight excluding hydrogens is 272 g/mol. The van der Waals surface area contributed by atoms with Gasteiger partial charge in [-0.05, 0) is 36.6 Å². The van der Waals surface area contributed by atoms with E-state index in [-0.39, 0.29) is 11.1 Å². The molecule has 0 aliphatic carbocycles. The minimum Gasteiger partial charge on any atom is -0.192 e. The number of aryl methyl sites for hydroxylation is 1. The summed E-state index contributed by atoms with van der Waals surface area (Å²) >= 11 is 0. The Balaban J connectivity index is 2.74. The number of allylic oxidation sites excluding steroid dienone is 3. The van der Waals surface area contributed by atoms with Gasteiger partial charge in [-0.3, -0.25) is 0 Å². The highest BCUT2D eigenvalue weighted by Crippen LogP contribution is 2.17. The monoisotopic (exact) mass is 290 g/mol. The molecule has 22 heavy (non-hydrogen) atoms. The Kier molecular flexibility index (Phi) is 7.02. The standard InChI is InChI=1S/C18H18N4/c1-4-5-6-16-7-9-18(10-8-16)22-21-15(3)11-17(13-20)14(2)12-19/h7-11H,2-6H2,1H3/b17-11-,22-21?. The van der Waals surface area contributed by atoms with Crippen molar-refractivity contribution in [3.8, 4) is 12.1 Å². The second-order valence-corrected chi connectivity index (χ2v) is 4.72. The van der Waals surface area contributed by atoms with Crippen LogP contribution in [-0.4, -0.2) is 0 Å². The molecule has 4 nitrogen and oxygen atoms in total. The van der Waals surface area contributed by atoms with E-state index in [4.69, 9.17) is 10.5 Å². The first-order chi connectivity index (χ1) is 10.6. The Morgan fingerprint density at radius 2 is 1.86 bits per heavy atom. The average molecular weight is 290 g/mol. The minimum atomic E-state index is 0.0825. The summed E-state index contributed by atoms with van der Waals surface area (Å²) in [6, 6.07) is 11.5. The van der Waals surface area contributed by atoms with E-state index in [2.05, 4.69) is 30.3 Å². The molecule has 0 bridgehead atoms. The summed E-state index contributed by atoms with van der Waals surface area (Å²) in [5, 5.41) is 25.6. The fraction of sp³-hybridized carbons (Fsp3) is 0.222. The van der Waals surface area contributed by atoms with E-state index < -0.39 is 0 Å². The van der Waals surface area contributed by atoms with Crippen LogP contribution in [0.3, 0.4) is 0 Å². The van der Waals surface area contributed by atoms with Crippen molar-refractivity contribution in [3.05, 3.63) is 65.9 Å². The normalized spacial score (nSPS) is 11.0. The summed E-state index contributed by atoms with van der Waals surface area (Å²) in [5.41, 5.74) is 2.51. The molecule has 0 amide bonds.